The molecule has 4 heteroatoms. The van der Waals surface area contributed by atoms with Crippen LogP contribution in [0, 0.1) is 5.92 Å². The van der Waals surface area contributed by atoms with Crippen LogP contribution in [0.3, 0.4) is 0 Å². The van der Waals surface area contributed by atoms with Crippen molar-refractivity contribution >= 4 is 11.6 Å². The van der Waals surface area contributed by atoms with E-state index in [1.165, 1.54) is 5.56 Å². The van der Waals surface area contributed by atoms with E-state index < -0.39 is 0 Å². The number of benzene rings is 1. The third kappa shape index (κ3) is 4.34. The van der Waals surface area contributed by atoms with Gasteiger partial charge in [0, 0.05) is 31.5 Å². The van der Waals surface area contributed by atoms with Crippen LogP contribution in [0.2, 0.25) is 0 Å². The third-order valence-corrected chi connectivity index (χ3v) is 4.64. The molecule has 24 heavy (non-hydrogen) atoms. The van der Waals surface area contributed by atoms with Crippen molar-refractivity contribution in [3.63, 3.8) is 0 Å². The number of pyridine rings is 1. The second kappa shape index (κ2) is 7.95. The van der Waals surface area contributed by atoms with Gasteiger partial charge in [-0.1, -0.05) is 37.3 Å². The summed E-state index contributed by atoms with van der Waals surface area (Å²) in [6.07, 6.45) is 4.84. The molecule has 0 atom stereocenters. The Bertz CT molecular complexity index is 664. The van der Waals surface area contributed by atoms with Crippen LogP contribution in [-0.2, 0) is 6.42 Å². The molecule has 1 fully saturated rings. The summed E-state index contributed by atoms with van der Waals surface area (Å²) < 4.78 is 0. The Morgan fingerprint density at radius 3 is 2.71 bits per heavy atom. The summed E-state index contributed by atoms with van der Waals surface area (Å²) in [7, 11) is 0. The molecule has 0 bridgehead atoms. The van der Waals surface area contributed by atoms with E-state index in [1.54, 1.807) is 6.20 Å². The molecule has 1 N–H and O–H groups in total. The van der Waals surface area contributed by atoms with Gasteiger partial charge in [0.1, 0.15) is 5.69 Å². The molecule has 1 saturated heterocycles. The number of piperidine rings is 1. The molecule has 1 aliphatic heterocycles. The Hall–Kier alpha value is -2.36. The van der Waals surface area contributed by atoms with Gasteiger partial charge in [-0.15, -0.1) is 0 Å². The summed E-state index contributed by atoms with van der Waals surface area (Å²) in [6, 6.07) is 14.2. The zero-order valence-electron chi connectivity index (χ0n) is 14.2. The first-order chi connectivity index (χ1) is 11.7. The van der Waals surface area contributed by atoms with Gasteiger partial charge >= 0.3 is 0 Å². The number of amides is 1. The van der Waals surface area contributed by atoms with Crippen LogP contribution >= 0.6 is 0 Å². The highest BCUT2D eigenvalue weighted by Gasteiger charge is 2.22. The topological polar surface area (TPSA) is 45.2 Å². The lowest BCUT2D eigenvalue weighted by atomic mass is 9.99. The monoisotopic (exact) mass is 323 g/mol. The summed E-state index contributed by atoms with van der Waals surface area (Å²) in [5, 5.41) is 3.39. The Morgan fingerprint density at radius 1 is 1.21 bits per heavy atom. The van der Waals surface area contributed by atoms with Crippen molar-refractivity contribution in [1.29, 1.82) is 0 Å². The number of carbonyl (C=O) groups is 1. The first-order valence-corrected chi connectivity index (χ1v) is 8.75. The van der Waals surface area contributed by atoms with Gasteiger partial charge in [0.05, 0.1) is 0 Å². The van der Waals surface area contributed by atoms with Crippen LogP contribution in [0.4, 0.5) is 5.69 Å². The van der Waals surface area contributed by atoms with Crippen molar-refractivity contribution in [3.05, 3.63) is 59.9 Å². The number of nitrogens with one attached hydrogen (secondary N) is 1. The summed E-state index contributed by atoms with van der Waals surface area (Å²) in [6.45, 7) is 4.76. The van der Waals surface area contributed by atoms with Crippen molar-refractivity contribution in [1.82, 2.24) is 9.88 Å². The third-order valence-electron chi connectivity index (χ3n) is 4.64. The molecular formula is C20H25N3O. The number of likely N-dealkylation sites (tertiary alicyclic amines) is 1. The van der Waals surface area contributed by atoms with Gasteiger partial charge in [0.2, 0.25) is 0 Å². The number of hydrogen-bond acceptors (Lipinski definition) is 3. The molecule has 1 aliphatic rings. The summed E-state index contributed by atoms with van der Waals surface area (Å²) in [5.41, 5.74) is 2.79. The van der Waals surface area contributed by atoms with E-state index in [1.807, 2.05) is 23.1 Å². The molecule has 2 aromatic rings. The highest BCUT2D eigenvalue weighted by Crippen LogP contribution is 2.18. The van der Waals surface area contributed by atoms with Crippen LogP contribution in [0.25, 0.3) is 0 Å². The number of nitrogens with zero attached hydrogens (tertiary/aromatic N) is 2. The molecule has 0 saturated carbocycles. The fourth-order valence-electron chi connectivity index (χ4n) is 3.03. The molecule has 0 radical (unpaired) electrons. The zero-order chi connectivity index (χ0) is 16.8. The van der Waals surface area contributed by atoms with Gasteiger partial charge in [-0.25, -0.2) is 0 Å². The van der Waals surface area contributed by atoms with Crippen molar-refractivity contribution < 1.29 is 4.79 Å². The van der Waals surface area contributed by atoms with Crippen molar-refractivity contribution in [3.8, 4) is 0 Å². The van der Waals surface area contributed by atoms with Gasteiger partial charge in [-0.2, -0.15) is 0 Å². The Balaban J connectivity index is 1.56. The van der Waals surface area contributed by atoms with E-state index in [2.05, 4.69) is 41.5 Å². The SMILES string of the molecule is CC1CCN(C(=O)c2cc(NCCc3ccccc3)ccn2)CC1. The highest BCUT2D eigenvalue weighted by molar-refractivity contribution is 5.93. The molecule has 1 aromatic heterocycles. The standard InChI is InChI=1S/C20H25N3O/c1-16-9-13-23(14-10-16)20(24)19-15-18(8-12-22-19)21-11-7-17-5-3-2-4-6-17/h2-6,8,12,15-16H,7,9-11,13-14H2,1H3,(H,21,22). The van der Waals surface area contributed by atoms with Gasteiger partial charge in [0.15, 0.2) is 0 Å². The maximum Gasteiger partial charge on any atom is 0.272 e. The smallest absolute Gasteiger partial charge is 0.272 e. The molecule has 3 rings (SSSR count). The second-order valence-electron chi connectivity index (χ2n) is 6.57. The maximum absolute atomic E-state index is 12.6. The predicted molar refractivity (Wildman–Crippen MR) is 97.2 cm³/mol. The van der Waals surface area contributed by atoms with E-state index in [0.29, 0.717) is 11.6 Å². The minimum atomic E-state index is 0.0496. The summed E-state index contributed by atoms with van der Waals surface area (Å²) in [4.78, 5) is 18.8. The van der Waals surface area contributed by atoms with Gasteiger partial charge < -0.3 is 10.2 Å². The number of aromatic nitrogens is 1. The molecule has 0 spiro atoms. The Kier molecular flexibility index (Phi) is 5.47. The number of hydrogen-bond donors (Lipinski definition) is 1. The van der Waals surface area contributed by atoms with Gasteiger partial charge in [-0.05, 0) is 42.9 Å². The average molecular weight is 323 g/mol. The maximum atomic E-state index is 12.6. The van der Waals surface area contributed by atoms with Gasteiger partial charge in [0.25, 0.3) is 5.91 Å². The van der Waals surface area contributed by atoms with Crippen molar-refractivity contribution in [2.45, 2.75) is 26.2 Å². The van der Waals surface area contributed by atoms with E-state index in [-0.39, 0.29) is 5.91 Å². The van der Waals surface area contributed by atoms with Crippen LogP contribution in [0.1, 0.15) is 35.8 Å². The van der Waals surface area contributed by atoms with Gasteiger partial charge in [-0.3, -0.25) is 9.78 Å². The lowest BCUT2D eigenvalue weighted by molar-refractivity contribution is 0.0691. The van der Waals surface area contributed by atoms with Crippen LogP contribution in [0.15, 0.2) is 48.7 Å². The molecular weight excluding hydrogens is 298 g/mol. The quantitative estimate of drug-likeness (QED) is 0.914. The molecule has 4 nitrogen and oxygen atoms in total. The first kappa shape index (κ1) is 16.5. The minimum Gasteiger partial charge on any atom is -0.385 e. The number of anilines is 1. The molecule has 0 aliphatic carbocycles. The van der Waals surface area contributed by atoms with Crippen molar-refractivity contribution in [2.75, 3.05) is 25.0 Å². The normalized spacial score (nSPS) is 15.3. The Morgan fingerprint density at radius 2 is 1.96 bits per heavy atom. The summed E-state index contributed by atoms with van der Waals surface area (Å²) in [5.74, 6) is 0.765. The average Bonchev–Trinajstić information content (AvgIpc) is 2.63. The molecule has 0 unspecified atom stereocenters. The molecule has 126 valence electrons. The van der Waals surface area contributed by atoms with E-state index >= 15 is 0 Å². The Labute approximate surface area is 143 Å². The minimum absolute atomic E-state index is 0.0496. The van der Waals surface area contributed by atoms with Crippen LogP contribution in [-0.4, -0.2) is 35.4 Å². The van der Waals surface area contributed by atoms with Crippen molar-refractivity contribution in [2.24, 2.45) is 5.92 Å². The lowest BCUT2D eigenvalue weighted by Gasteiger charge is -2.30. The fourth-order valence-corrected chi connectivity index (χ4v) is 3.03. The second-order valence-corrected chi connectivity index (χ2v) is 6.57. The largest absolute Gasteiger partial charge is 0.385 e. The molecule has 1 aromatic carbocycles. The molecule has 1 amide bonds. The summed E-state index contributed by atoms with van der Waals surface area (Å²) >= 11 is 0. The zero-order valence-corrected chi connectivity index (χ0v) is 14.2. The molecule has 2 heterocycles. The number of carbonyl (C=O) groups excluding carboxylic acids is 1. The fraction of sp³-hybridized carbons (Fsp3) is 0.400. The number of rotatable bonds is 5. The van der Waals surface area contributed by atoms with E-state index in [9.17, 15) is 4.79 Å². The predicted octanol–water partition coefficient (Wildman–Crippen LogP) is 3.61. The highest BCUT2D eigenvalue weighted by atomic mass is 16.2. The van der Waals surface area contributed by atoms with E-state index in [4.69, 9.17) is 0 Å². The van der Waals surface area contributed by atoms with E-state index in [0.717, 1.165) is 44.6 Å². The first-order valence-electron chi connectivity index (χ1n) is 8.75. The van der Waals surface area contributed by atoms with Crippen LogP contribution in [0.5, 0.6) is 0 Å². The lowest BCUT2D eigenvalue weighted by Crippen LogP contribution is -2.38. The van der Waals surface area contributed by atoms with Crippen LogP contribution < -0.4 is 5.32 Å².